The van der Waals surface area contributed by atoms with Gasteiger partial charge in [-0.25, -0.2) is 4.98 Å². The second-order valence-corrected chi connectivity index (χ2v) is 5.71. The molecule has 0 saturated carbocycles. The summed E-state index contributed by atoms with van der Waals surface area (Å²) >= 11 is 5.71. The number of aliphatic hydroxyl groups excluding tert-OH is 1. The number of hydrogen-bond acceptors (Lipinski definition) is 4. The van der Waals surface area contributed by atoms with Crippen LogP contribution in [0.2, 0.25) is 0 Å². The van der Waals surface area contributed by atoms with Crippen LogP contribution in [-0.2, 0) is 11.3 Å². The van der Waals surface area contributed by atoms with Crippen LogP contribution in [0.15, 0.2) is 12.4 Å². The number of carbonyl (C=O) groups is 1. The molecule has 1 saturated heterocycles. The van der Waals surface area contributed by atoms with Gasteiger partial charge in [0.1, 0.15) is 11.9 Å². The molecule has 1 aliphatic rings. The van der Waals surface area contributed by atoms with Gasteiger partial charge in [-0.1, -0.05) is 0 Å². The van der Waals surface area contributed by atoms with Gasteiger partial charge in [0.05, 0.1) is 6.42 Å². The van der Waals surface area contributed by atoms with Crippen LogP contribution in [0.1, 0.15) is 31.2 Å². The van der Waals surface area contributed by atoms with Crippen molar-refractivity contribution in [1.82, 2.24) is 19.8 Å². The first-order valence-corrected chi connectivity index (χ1v) is 7.89. The standard InChI is InChI=1S/C14H23ClN4O2/c1-16-11-2-6-18(7-3-11)13(21)10-12(20)14-17-5-9-19(14)8-4-15/h5,9,11-12,16,20H,2-4,6-8,10H2,1H3. The van der Waals surface area contributed by atoms with Crippen LogP contribution in [-0.4, -0.2) is 57.5 Å². The Morgan fingerprint density at radius 3 is 2.90 bits per heavy atom. The van der Waals surface area contributed by atoms with Crippen molar-refractivity contribution in [2.24, 2.45) is 0 Å². The Balaban J connectivity index is 1.88. The van der Waals surface area contributed by atoms with Crippen LogP contribution in [0, 0.1) is 0 Å². The molecular formula is C14H23ClN4O2. The van der Waals surface area contributed by atoms with Crippen molar-refractivity contribution in [3.05, 3.63) is 18.2 Å². The van der Waals surface area contributed by atoms with Gasteiger partial charge in [-0.3, -0.25) is 4.79 Å². The van der Waals surface area contributed by atoms with Gasteiger partial charge >= 0.3 is 0 Å². The molecule has 2 N–H and O–H groups in total. The third-order valence-corrected chi connectivity index (χ3v) is 4.16. The summed E-state index contributed by atoms with van der Waals surface area (Å²) < 4.78 is 1.79. The molecular weight excluding hydrogens is 292 g/mol. The molecule has 7 heteroatoms. The summed E-state index contributed by atoms with van der Waals surface area (Å²) in [6.07, 6.45) is 4.50. The van der Waals surface area contributed by atoms with Gasteiger partial charge in [-0.2, -0.15) is 0 Å². The van der Waals surface area contributed by atoms with Crippen molar-refractivity contribution in [3.63, 3.8) is 0 Å². The maximum Gasteiger partial charge on any atom is 0.225 e. The lowest BCUT2D eigenvalue weighted by Crippen LogP contribution is -2.44. The third-order valence-electron chi connectivity index (χ3n) is 4.00. The molecule has 0 radical (unpaired) electrons. The lowest BCUT2D eigenvalue weighted by atomic mass is 10.0. The Morgan fingerprint density at radius 2 is 2.29 bits per heavy atom. The Morgan fingerprint density at radius 1 is 1.57 bits per heavy atom. The number of nitrogens with zero attached hydrogens (tertiary/aromatic N) is 3. The molecule has 1 atom stereocenters. The molecule has 0 bridgehead atoms. The molecule has 21 heavy (non-hydrogen) atoms. The first-order valence-electron chi connectivity index (χ1n) is 7.35. The number of rotatable bonds is 6. The second-order valence-electron chi connectivity index (χ2n) is 5.33. The van der Waals surface area contributed by atoms with Crippen LogP contribution in [0.3, 0.4) is 0 Å². The van der Waals surface area contributed by atoms with Gasteiger partial charge in [-0.05, 0) is 19.9 Å². The van der Waals surface area contributed by atoms with Crippen LogP contribution in [0.25, 0.3) is 0 Å². The number of aromatic nitrogens is 2. The Hall–Kier alpha value is -1.11. The number of nitrogens with one attached hydrogen (secondary N) is 1. The SMILES string of the molecule is CNC1CCN(C(=O)CC(O)c2nccn2CCCl)CC1. The van der Waals surface area contributed by atoms with E-state index < -0.39 is 6.10 Å². The molecule has 118 valence electrons. The zero-order valence-electron chi connectivity index (χ0n) is 12.3. The molecule has 0 aliphatic carbocycles. The molecule has 6 nitrogen and oxygen atoms in total. The monoisotopic (exact) mass is 314 g/mol. The Bertz CT molecular complexity index is 458. The minimum absolute atomic E-state index is 0.0162. The fourth-order valence-electron chi connectivity index (χ4n) is 2.70. The number of carbonyl (C=O) groups excluding carboxylic acids is 1. The number of hydrogen-bond donors (Lipinski definition) is 2. The maximum absolute atomic E-state index is 12.3. The predicted octanol–water partition coefficient (Wildman–Crippen LogP) is 0.756. The first kappa shape index (κ1) is 16.3. The number of likely N-dealkylation sites (tertiary alicyclic amines) is 1. The lowest BCUT2D eigenvalue weighted by Gasteiger charge is -2.32. The molecule has 0 aromatic carbocycles. The van der Waals surface area contributed by atoms with Crippen molar-refractivity contribution < 1.29 is 9.90 Å². The number of aryl methyl sites for hydroxylation is 1. The van der Waals surface area contributed by atoms with Gasteiger partial charge in [0, 0.05) is 43.9 Å². The van der Waals surface area contributed by atoms with E-state index in [0.717, 1.165) is 25.9 Å². The Kier molecular flexibility index (Phi) is 6.02. The quantitative estimate of drug-likeness (QED) is 0.760. The minimum Gasteiger partial charge on any atom is -0.385 e. The van der Waals surface area contributed by atoms with E-state index in [1.165, 1.54) is 0 Å². The number of aliphatic hydroxyl groups is 1. The van der Waals surface area contributed by atoms with Gasteiger partial charge in [-0.15, -0.1) is 11.6 Å². The molecule has 1 aromatic heterocycles. The highest BCUT2D eigenvalue weighted by Gasteiger charge is 2.25. The molecule has 1 aromatic rings. The van der Waals surface area contributed by atoms with Crippen LogP contribution < -0.4 is 5.32 Å². The smallest absolute Gasteiger partial charge is 0.225 e. The number of imidazole rings is 1. The molecule has 1 fully saturated rings. The number of amides is 1. The highest BCUT2D eigenvalue weighted by atomic mass is 35.5. The highest BCUT2D eigenvalue weighted by Crippen LogP contribution is 2.18. The Labute approximate surface area is 130 Å². The molecule has 2 heterocycles. The van der Waals surface area contributed by atoms with Crippen molar-refractivity contribution >= 4 is 17.5 Å². The molecule has 1 unspecified atom stereocenters. The fraction of sp³-hybridized carbons (Fsp3) is 0.714. The van der Waals surface area contributed by atoms with E-state index in [9.17, 15) is 9.90 Å². The third kappa shape index (κ3) is 4.18. The average molecular weight is 315 g/mol. The van der Waals surface area contributed by atoms with Crippen molar-refractivity contribution in [2.45, 2.75) is 38.0 Å². The van der Waals surface area contributed by atoms with Crippen molar-refractivity contribution in [2.75, 3.05) is 26.0 Å². The summed E-state index contributed by atoms with van der Waals surface area (Å²) in [7, 11) is 1.95. The van der Waals surface area contributed by atoms with E-state index in [2.05, 4.69) is 10.3 Å². The predicted molar refractivity (Wildman–Crippen MR) is 81.2 cm³/mol. The summed E-state index contributed by atoms with van der Waals surface area (Å²) in [6, 6.07) is 0.488. The largest absolute Gasteiger partial charge is 0.385 e. The van der Waals surface area contributed by atoms with E-state index in [4.69, 9.17) is 11.6 Å². The average Bonchev–Trinajstić information content (AvgIpc) is 2.96. The van der Waals surface area contributed by atoms with Gasteiger partial charge in [0.15, 0.2) is 0 Å². The topological polar surface area (TPSA) is 70.4 Å². The molecule has 0 spiro atoms. The molecule has 1 amide bonds. The van der Waals surface area contributed by atoms with Crippen LogP contribution in [0.5, 0.6) is 0 Å². The first-order chi connectivity index (χ1) is 10.2. The van der Waals surface area contributed by atoms with E-state index in [1.54, 1.807) is 17.0 Å². The van der Waals surface area contributed by atoms with Crippen LogP contribution >= 0.6 is 11.6 Å². The molecule has 1 aliphatic heterocycles. The van der Waals surface area contributed by atoms with E-state index in [1.807, 2.05) is 11.9 Å². The number of alkyl halides is 1. The van der Waals surface area contributed by atoms with Crippen molar-refractivity contribution in [1.29, 1.82) is 0 Å². The van der Waals surface area contributed by atoms with Gasteiger partial charge in [0.2, 0.25) is 5.91 Å². The summed E-state index contributed by atoms with van der Waals surface area (Å²) in [5.41, 5.74) is 0. The maximum atomic E-state index is 12.3. The second kappa shape index (κ2) is 7.77. The highest BCUT2D eigenvalue weighted by molar-refractivity contribution is 6.17. The number of halogens is 1. The van der Waals surface area contributed by atoms with E-state index >= 15 is 0 Å². The van der Waals surface area contributed by atoms with Crippen molar-refractivity contribution in [3.8, 4) is 0 Å². The zero-order chi connectivity index (χ0) is 15.2. The van der Waals surface area contributed by atoms with Gasteiger partial charge in [0.25, 0.3) is 0 Å². The van der Waals surface area contributed by atoms with Crippen LogP contribution in [0.4, 0.5) is 0 Å². The fourth-order valence-corrected chi connectivity index (χ4v) is 2.88. The van der Waals surface area contributed by atoms with Gasteiger partial charge < -0.3 is 19.9 Å². The minimum atomic E-state index is -0.877. The lowest BCUT2D eigenvalue weighted by molar-refractivity contribution is -0.134. The van der Waals surface area contributed by atoms with E-state index in [0.29, 0.717) is 24.3 Å². The summed E-state index contributed by atoms with van der Waals surface area (Å²) in [6.45, 7) is 2.07. The summed E-state index contributed by atoms with van der Waals surface area (Å²) in [5, 5.41) is 13.5. The number of piperidine rings is 1. The summed E-state index contributed by atoms with van der Waals surface area (Å²) in [5.74, 6) is 0.938. The zero-order valence-corrected chi connectivity index (χ0v) is 13.1. The summed E-state index contributed by atoms with van der Waals surface area (Å²) in [4.78, 5) is 18.2. The van der Waals surface area contributed by atoms with E-state index in [-0.39, 0.29) is 12.3 Å². The molecule has 2 rings (SSSR count). The normalized spacial score (nSPS) is 18.0.